The Kier molecular flexibility index (Phi) is 4.42. The van der Waals surface area contributed by atoms with Crippen LogP contribution in [0.25, 0.3) is 0 Å². The van der Waals surface area contributed by atoms with Crippen molar-refractivity contribution in [1.29, 1.82) is 0 Å². The topological polar surface area (TPSA) is 101 Å². The van der Waals surface area contributed by atoms with Crippen LogP contribution in [0.4, 0.5) is 5.69 Å². The van der Waals surface area contributed by atoms with Crippen LogP contribution in [0.5, 0.6) is 0 Å². The molecule has 2 atom stereocenters. The molecule has 1 aliphatic rings. The summed E-state index contributed by atoms with van der Waals surface area (Å²) in [7, 11) is -3.53. The van der Waals surface area contributed by atoms with Gasteiger partial charge in [-0.25, -0.2) is 13.6 Å². The Morgan fingerprint density at radius 1 is 1.40 bits per heavy atom. The van der Waals surface area contributed by atoms with E-state index in [1.54, 1.807) is 24.3 Å². The van der Waals surface area contributed by atoms with Crippen molar-refractivity contribution in [1.82, 2.24) is 5.32 Å². The van der Waals surface area contributed by atoms with Crippen molar-refractivity contribution >= 4 is 21.6 Å². The van der Waals surface area contributed by atoms with Crippen LogP contribution in [0.2, 0.25) is 0 Å². The fourth-order valence-electron chi connectivity index (χ4n) is 2.32. The summed E-state index contributed by atoms with van der Waals surface area (Å²) >= 11 is 0. The monoisotopic (exact) mass is 297 g/mol. The lowest BCUT2D eigenvalue weighted by Gasteiger charge is -2.15. The number of sulfonamides is 1. The number of nitrogens with two attached hydrogens (primary N) is 1. The van der Waals surface area contributed by atoms with E-state index in [1.807, 2.05) is 6.92 Å². The minimum absolute atomic E-state index is 0.0609. The summed E-state index contributed by atoms with van der Waals surface area (Å²) in [5, 5.41) is 11.0. The predicted octanol–water partition coefficient (Wildman–Crippen LogP) is 0.412. The Morgan fingerprint density at radius 2 is 2.05 bits per heavy atom. The molecule has 0 saturated carbocycles. The van der Waals surface area contributed by atoms with Gasteiger partial charge in [0.15, 0.2) is 0 Å². The van der Waals surface area contributed by atoms with E-state index in [0.29, 0.717) is 17.2 Å². The zero-order chi connectivity index (χ0) is 14.8. The molecule has 7 heteroatoms. The summed E-state index contributed by atoms with van der Waals surface area (Å²) in [6.45, 7) is 2.89. The van der Waals surface area contributed by atoms with Crippen molar-refractivity contribution < 1.29 is 13.2 Å². The SMILES string of the molecule is CC1CCNC1C(=O)Nc1ccc(CS(N)(=O)=O)cc1. The van der Waals surface area contributed by atoms with Crippen LogP contribution < -0.4 is 15.8 Å². The lowest BCUT2D eigenvalue weighted by molar-refractivity contribution is -0.118. The van der Waals surface area contributed by atoms with E-state index in [2.05, 4.69) is 10.6 Å². The van der Waals surface area contributed by atoms with Crippen molar-refractivity contribution in [2.75, 3.05) is 11.9 Å². The molecule has 1 aliphatic heterocycles. The molecule has 0 aliphatic carbocycles. The Bertz CT molecular complexity index is 583. The summed E-state index contributed by atoms with van der Waals surface area (Å²) in [5.41, 5.74) is 1.24. The summed E-state index contributed by atoms with van der Waals surface area (Å²) in [6.07, 6.45) is 0.991. The maximum atomic E-state index is 12.0. The first kappa shape index (κ1) is 15.0. The van der Waals surface area contributed by atoms with Gasteiger partial charge >= 0.3 is 0 Å². The van der Waals surface area contributed by atoms with Gasteiger partial charge in [0.2, 0.25) is 15.9 Å². The smallest absolute Gasteiger partial charge is 0.241 e. The van der Waals surface area contributed by atoms with Crippen LogP contribution >= 0.6 is 0 Å². The highest BCUT2D eigenvalue weighted by Crippen LogP contribution is 2.17. The number of amides is 1. The second-order valence-corrected chi connectivity index (χ2v) is 6.81. The third-order valence-electron chi connectivity index (χ3n) is 3.40. The predicted molar refractivity (Wildman–Crippen MR) is 77.5 cm³/mol. The second-order valence-electron chi connectivity index (χ2n) is 5.19. The van der Waals surface area contributed by atoms with Gasteiger partial charge in [-0.15, -0.1) is 0 Å². The highest BCUT2D eigenvalue weighted by atomic mass is 32.2. The third-order valence-corrected chi connectivity index (χ3v) is 4.14. The number of hydrogen-bond donors (Lipinski definition) is 3. The molecule has 1 fully saturated rings. The molecule has 110 valence electrons. The normalized spacial score (nSPS) is 22.7. The number of rotatable bonds is 4. The number of primary sulfonamides is 1. The molecule has 2 rings (SSSR count). The first-order valence-corrected chi connectivity index (χ1v) is 8.20. The van der Waals surface area contributed by atoms with Gasteiger partial charge in [0.1, 0.15) is 0 Å². The van der Waals surface area contributed by atoms with E-state index in [0.717, 1.165) is 13.0 Å². The minimum atomic E-state index is -3.53. The third kappa shape index (κ3) is 4.03. The molecule has 0 spiro atoms. The summed E-state index contributed by atoms with van der Waals surface area (Å²) in [6, 6.07) is 6.48. The molecule has 1 heterocycles. The van der Waals surface area contributed by atoms with Crippen LogP contribution in [0.15, 0.2) is 24.3 Å². The summed E-state index contributed by atoms with van der Waals surface area (Å²) < 4.78 is 21.9. The first-order chi connectivity index (χ1) is 9.35. The minimum Gasteiger partial charge on any atom is -0.325 e. The number of hydrogen-bond acceptors (Lipinski definition) is 4. The maximum Gasteiger partial charge on any atom is 0.241 e. The van der Waals surface area contributed by atoms with Gasteiger partial charge in [0.05, 0.1) is 11.8 Å². The zero-order valence-electron chi connectivity index (χ0n) is 11.3. The Morgan fingerprint density at radius 3 is 2.55 bits per heavy atom. The zero-order valence-corrected chi connectivity index (χ0v) is 12.1. The molecule has 1 amide bonds. The molecule has 0 aromatic heterocycles. The van der Waals surface area contributed by atoms with Gasteiger partial charge in [-0.2, -0.15) is 0 Å². The van der Waals surface area contributed by atoms with Gasteiger partial charge in [-0.3, -0.25) is 4.79 Å². The fraction of sp³-hybridized carbons (Fsp3) is 0.462. The number of benzene rings is 1. The van der Waals surface area contributed by atoms with Crippen LogP contribution in [0.1, 0.15) is 18.9 Å². The van der Waals surface area contributed by atoms with Gasteiger partial charge in [-0.05, 0) is 36.6 Å². The number of anilines is 1. The second kappa shape index (κ2) is 5.90. The summed E-state index contributed by atoms with van der Waals surface area (Å²) in [5.74, 6) is 0.0495. The van der Waals surface area contributed by atoms with Crippen molar-refractivity contribution in [2.45, 2.75) is 25.1 Å². The molecule has 0 radical (unpaired) electrons. The van der Waals surface area contributed by atoms with Crippen LogP contribution in [-0.2, 0) is 20.6 Å². The standard InChI is InChI=1S/C13H19N3O3S/c1-9-6-7-15-12(9)13(17)16-11-4-2-10(3-5-11)8-20(14,18)19/h2-5,9,12,15H,6-8H2,1H3,(H,16,17)(H2,14,18,19). The molecule has 6 nitrogen and oxygen atoms in total. The molecular formula is C13H19N3O3S. The number of nitrogens with one attached hydrogen (secondary N) is 2. The van der Waals surface area contributed by atoms with Crippen molar-refractivity contribution in [3.63, 3.8) is 0 Å². The lowest BCUT2D eigenvalue weighted by Crippen LogP contribution is -2.39. The van der Waals surface area contributed by atoms with E-state index in [4.69, 9.17) is 5.14 Å². The van der Waals surface area contributed by atoms with Crippen molar-refractivity contribution in [3.05, 3.63) is 29.8 Å². The van der Waals surface area contributed by atoms with Gasteiger partial charge < -0.3 is 10.6 Å². The molecule has 1 aromatic carbocycles. The van der Waals surface area contributed by atoms with E-state index in [9.17, 15) is 13.2 Å². The molecule has 1 aromatic rings. The fourth-order valence-corrected chi connectivity index (χ4v) is 2.98. The maximum absolute atomic E-state index is 12.0. The quantitative estimate of drug-likeness (QED) is 0.749. The lowest BCUT2D eigenvalue weighted by atomic mass is 10.0. The average Bonchev–Trinajstić information content (AvgIpc) is 2.76. The molecule has 2 unspecified atom stereocenters. The molecule has 1 saturated heterocycles. The van der Waals surface area contributed by atoms with Crippen molar-refractivity contribution in [2.24, 2.45) is 11.1 Å². The largest absolute Gasteiger partial charge is 0.325 e. The van der Waals surface area contributed by atoms with Gasteiger partial charge in [-0.1, -0.05) is 19.1 Å². The first-order valence-electron chi connectivity index (χ1n) is 6.49. The van der Waals surface area contributed by atoms with E-state index in [1.165, 1.54) is 0 Å². The highest BCUT2D eigenvalue weighted by molar-refractivity contribution is 7.88. The van der Waals surface area contributed by atoms with E-state index in [-0.39, 0.29) is 17.7 Å². The van der Waals surface area contributed by atoms with Gasteiger partial charge in [0.25, 0.3) is 0 Å². The average molecular weight is 297 g/mol. The molecular weight excluding hydrogens is 278 g/mol. The Labute approximate surface area is 118 Å². The van der Waals surface area contributed by atoms with E-state index >= 15 is 0 Å². The van der Waals surface area contributed by atoms with Crippen molar-refractivity contribution in [3.8, 4) is 0 Å². The number of carbonyl (C=O) groups excluding carboxylic acids is 1. The molecule has 20 heavy (non-hydrogen) atoms. The van der Waals surface area contributed by atoms with E-state index < -0.39 is 10.0 Å². The molecule has 4 N–H and O–H groups in total. The summed E-state index contributed by atoms with van der Waals surface area (Å²) in [4.78, 5) is 12.0. The molecule has 0 bridgehead atoms. The Hall–Kier alpha value is -1.44. The number of carbonyl (C=O) groups is 1. The highest BCUT2D eigenvalue weighted by Gasteiger charge is 2.29. The Balaban J connectivity index is 1.98. The van der Waals surface area contributed by atoms with Gasteiger partial charge in [0, 0.05) is 5.69 Å². The van der Waals surface area contributed by atoms with Crippen LogP contribution in [0, 0.1) is 5.92 Å². The van der Waals surface area contributed by atoms with Crippen LogP contribution in [0.3, 0.4) is 0 Å². The van der Waals surface area contributed by atoms with Crippen LogP contribution in [-0.4, -0.2) is 26.9 Å².